The second-order valence-electron chi connectivity index (χ2n) is 2.43. The summed E-state index contributed by atoms with van der Waals surface area (Å²) in [5.41, 5.74) is 0.424. The van der Waals surface area contributed by atoms with Crippen molar-refractivity contribution < 1.29 is 9.53 Å². The number of ether oxygens (including phenoxy) is 1. The molecule has 0 aliphatic heterocycles. The maximum atomic E-state index is 10.8. The van der Waals surface area contributed by atoms with Crippen molar-refractivity contribution in [2.45, 2.75) is 6.92 Å². The van der Waals surface area contributed by atoms with Crippen molar-refractivity contribution in [2.24, 2.45) is 0 Å². The molecular formula is C10H9NO2. The lowest BCUT2D eigenvalue weighted by atomic mass is 10.3. The number of aromatic nitrogens is 1. The van der Waals surface area contributed by atoms with Crippen LogP contribution in [0, 0.1) is 12.3 Å². The fourth-order valence-corrected chi connectivity index (χ4v) is 0.799. The van der Waals surface area contributed by atoms with Crippen molar-refractivity contribution in [1.29, 1.82) is 0 Å². The molecule has 66 valence electrons. The lowest BCUT2D eigenvalue weighted by Crippen LogP contribution is -1.98. The van der Waals surface area contributed by atoms with Crippen LogP contribution in [-0.2, 0) is 0 Å². The number of hydrogen-bond acceptors (Lipinski definition) is 3. The number of carbonyl (C=O) groups excluding carboxylic acids is 1. The molecule has 0 aromatic carbocycles. The van der Waals surface area contributed by atoms with Gasteiger partial charge in [0.15, 0.2) is 5.78 Å². The third kappa shape index (κ3) is 2.60. The minimum absolute atomic E-state index is 0.0662. The zero-order chi connectivity index (χ0) is 9.68. The van der Waals surface area contributed by atoms with Crippen molar-refractivity contribution in [3.63, 3.8) is 0 Å². The third-order valence-electron chi connectivity index (χ3n) is 1.42. The molecule has 3 heteroatoms. The zero-order valence-electron chi connectivity index (χ0n) is 7.28. The highest BCUT2D eigenvalue weighted by Gasteiger charge is 1.99. The summed E-state index contributed by atoms with van der Waals surface area (Å²) in [6.45, 7) is 1.67. The number of carbonyl (C=O) groups is 1. The Kier molecular flexibility index (Phi) is 3.04. The van der Waals surface area contributed by atoms with Gasteiger partial charge in [-0.25, -0.2) is 4.98 Å². The van der Waals surface area contributed by atoms with Gasteiger partial charge in [0.05, 0.1) is 6.20 Å². The van der Waals surface area contributed by atoms with Gasteiger partial charge in [-0.05, 0) is 12.1 Å². The van der Waals surface area contributed by atoms with Gasteiger partial charge in [0.25, 0.3) is 0 Å². The molecule has 0 saturated carbocycles. The first-order valence-corrected chi connectivity index (χ1v) is 3.77. The van der Waals surface area contributed by atoms with Gasteiger partial charge in [-0.2, -0.15) is 0 Å². The van der Waals surface area contributed by atoms with Gasteiger partial charge in [0.1, 0.15) is 18.1 Å². The molecule has 1 rings (SSSR count). The lowest BCUT2D eigenvalue weighted by Gasteiger charge is -2.00. The van der Waals surface area contributed by atoms with Crippen LogP contribution >= 0.6 is 0 Å². The predicted molar refractivity (Wildman–Crippen MR) is 48.6 cm³/mol. The van der Waals surface area contributed by atoms with Crippen LogP contribution in [0.4, 0.5) is 0 Å². The Morgan fingerprint density at radius 3 is 2.92 bits per heavy atom. The quantitative estimate of drug-likeness (QED) is 0.513. The van der Waals surface area contributed by atoms with Crippen LogP contribution in [0.5, 0.6) is 5.75 Å². The molecule has 0 saturated heterocycles. The monoisotopic (exact) mass is 175 g/mol. The molecule has 1 heterocycles. The zero-order valence-corrected chi connectivity index (χ0v) is 7.28. The summed E-state index contributed by atoms with van der Waals surface area (Å²) in [5.74, 6) is 2.84. The Balaban J connectivity index is 2.71. The molecule has 0 fully saturated rings. The third-order valence-corrected chi connectivity index (χ3v) is 1.42. The highest BCUT2D eigenvalue weighted by molar-refractivity contribution is 5.92. The summed E-state index contributed by atoms with van der Waals surface area (Å²) in [7, 11) is 0. The van der Waals surface area contributed by atoms with E-state index in [0.29, 0.717) is 11.4 Å². The Hall–Kier alpha value is -1.82. The minimum atomic E-state index is -0.0662. The second kappa shape index (κ2) is 4.27. The molecule has 0 unspecified atom stereocenters. The summed E-state index contributed by atoms with van der Waals surface area (Å²) >= 11 is 0. The molecule has 1 aromatic rings. The van der Waals surface area contributed by atoms with E-state index in [4.69, 9.17) is 11.2 Å². The highest BCUT2D eigenvalue weighted by atomic mass is 16.5. The van der Waals surface area contributed by atoms with Gasteiger partial charge in [-0.1, -0.05) is 5.92 Å². The van der Waals surface area contributed by atoms with Gasteiger partial charge in [-0.15, -0.1) is 6.42 Å². The van der Waals surface area contributed by atoms with Gasteiger partial charge >= 0.3 is 0 Å². The summed E-state index contributed by atoms with van der Waals surface area (Å²) in [6, 6.07) is 3.27. The highest BCUT2D eigenvalue weighted by Crippen LogP contribution is 2.08. The summed E-state index contributed by atoms with van der Waals surface area (Å²) in [5, 5.41) is 0. The van der Waals surface area contributed by atoms with Crippen molar-refractivity contribution >= 4 is 5.78 Å². The van der Waals surface area contributed by atoms with E-state index in [9.17, 15) is 4.79 Å². The van der Waals surface area contributed by atoms with E-state index in [0.717, 1.165) is 0 Å². The molecule has 0 radical (unpaired) electrons. The molecule has 3 nitrogen and oxygen atoms in total. The molecule has 13 heavy (non-hydrogen) atoms. The summed E-state index contributed by atoms with van der Waals surface area (Å²) in [4.78, 5) is 14.7. The lowest BCUT2D eigenvalue weighted by molar-refractivity contribution is 0.101. The number of rotatable bonds is 3. The summed E-state index contributed by atoms with van der Waals surface area (Å²) in [6.07, 6.45) is 6.49. The van der Waals surface area contributed by atoms with Crippen molar-refractivity contribution in [3.05, 3.63) is 24.0 Å². The normalized spacial score (nSPS) is 8.92. The molecule has 0 atom stereocenters. The van der Waals surface area contributed by atoms with Crippen molar-refractivity contribution in [1.82, 2.24) is 4.98 Å². The van der Waals surface area contributed by atoms with Crippen LogP contribution in [0.2, 0.25) is 0 Å². The largest absolute Gasteiger partial charge is 0.479 e. The van der Waals surface area contributed by atoms with E-state index in [1.807, 2.05) is 0 Å². The van der Waals surface area contributed by atoms with E-state index in [2.05, 4.69) is 10.9 Å². The second-order valence-corrected chi connectivity index (χ2v) is 2.43. The molecule has 1 aromatic heterocycles. The van der Waals surface area contributed by atoms with Crippen LogP contribution in [-0.4, -0.2) is 17.4 Å². The van der Waals surface area contributed by atoms with Gasteiger partial charge in [0.2, 0.25) is 0 Å². The molecule has 0 amide bonds. The topological polar surface area (TPSA) is 39.2 Å². The fourth-order valence-electron chi connectivity index (χ4n) is 0.799. The maximum Gasteiger partial charge on any atom is 0.178 e. The minimum Gasteiger partial charge on any atom is -0.479 e. The molecule has 0 aliphatic carbocycles. The molecule has 0 spiro atoms. The van der Waals surface area contributed by atoms with Crippen LogP contribution in [0.1, 0.15) is 17.4 Å². The number of ketones is 1. The number of nitrogens with zero attached hydrogens (tertiary/aromatic N) is 1. The van der Waals surface area contributed by atoms with Crippen LogP contribution < -0.4 is 4.74 Å². The Bertz CT molecular complexity index is 335. The van der Waals surface area contributed by atoms with Crippen LogP contribution in [0.3, 0.4) is 0 Å². The molecule has 0 bridgehead atoms. The van der Waals surface area contributed by atoms with Gasteiger partial charge in [0, 0.05) is 6.92 Å². The van der Waals surface area contributed by atoms with Gasteiger partial charge in [-0.3, -0.25) is 4.79 Å². The number of pyridine rings is 1. The first kappa shape index (κ1) is 9.27. The number of terminal acetylenes is 1. The first-order chi connectivity index (χ1) is 6.24. The van der Waals surface area contributed by atoms with Crippen LogP contribution in [0.15, 0.2) is 18.3 Å². The number of hydrogen-bond donors (Lipinski definition) is 0. The van der Waals surface area contributed by atoms with E-state index in [1.165, 1.54) is 13.1 Å². The molecule has 0 N–H and O–H groups in total. The fraction of sp³-hybridized carbons (Fsp3) is 0.200. The van der Waals surface area contributed by atoms with E-state index in [-0.39, 0.29) is 12.4 Å². The number of Topliss-reactive ketones (excluding diaryl/α,β-unsaturated/α-hetero) is 1. The Morgan fingerprint density at radius 2 is 2.46 bits per heavy atom. The maximum absolute atomic E-state index is 10.8. The van der Waals surface area contributed by atoms with E-state index in [1.54, 1.807) is 12.1 Å². The molecule has 0 aliphatic rings. The predicted octanol–water partition coefficient (Wildman–Crippen LogP) is 1.30. The molecular weight excluding hydrogens is 166 g/mol. The average molecular weight is 175 g/mol. The SMILES string of the molecule is C#CCOc1ccc(C(C)=O)nc1. The Labute approximate surface area is 76.8 Å². The Morgan fingerprint density at radius 1 is 1.69 bits per heavy atom. The van der Waals surface area contributed by atoms with Gasteiger partial charge < -0.3 is 4.74 Å². The summed E-state index contributed by atoms with van der Waals surface area (Å²) < 4.78 is 5.08. The van der Waals surface area contributed by atoms with Crippen LogP contribution in [0.25, 0.3) is 0 Å². The smallest absolute Gasteiger partial charge is 0.178 e. The first-order valence-electron chi connectivity index (χ1n) is 3.77. The van der Waals surface area contributed by atoms with Crippen molar-refractivity contribution in [2.75, 3.05) is 6.61 Å². The van der Waals surface area contributed by atoms with E-state index >= 15 is 0 Å². The van der Waals surface area contributed by atoms with Crippen molar-refractivity contribution in [3.8, 4) is 18.1 Å². The standard InChI is InChI=1S/C10H9NO2/c1-3-6-13-9-4-5-10(8(2)12)11-7-9/h1,4-5,7H,6H2,2H3. The van der Waals surface area contributed by atoms with E-state index < -0.39 is 0 Å². The average Bonchev–Trinajstić information content (AvgIpc) is 2.15.